The quantitative estimate of drug-likeness (QED) is 0.265. The molecule has 4 nitrogen and oxygen atoms in total. The van der Waals surface area contributed by atoms with Crippen LogP contribution in [0.25, 0.3) is 0 Å². The number of halogens is 1. The van der Waals surface area contributed by atoms with Gasteiger partial charge in [-0.15, -0.1) is 0 Å². The fraction of sp³-hybridized carbons (Fsp3) is 0.682. The molecule has 3 fully saturated rings. The summed E-state index contributed by atoms with van der Waals surface area (Å²) in [6.45, 7) is 6.11. The summed E-state index contributed by atoms with van der Waals surface area (Å²) in [4.78, 5) is 16.5. The van der Waals surface area contributed by atoms with Gasteiger partial charge in [0.25, 0.3) is 0 Å². The first-order valence-electron chi connectivity index (χ1n) is 10.5. The van der Waals surface area contributed by atoms with Crippen molar-refractivity contribution >= 4 is 34.1 Å². The largest absolute Gasteiger partial charge is 0.375 e. The fourth-order valence-corrected chi connectivity index (χ4v) is 5.85. The Labute approximate surface area is 176 Å². The van der Waals surface area contributed by atoms with Gasteiger partial charge >= 0.3 is 0 Å². The lowest BCUT2D eigenvalue weighted by Gasteiger charge is -2.49. The SMILES string of the molecule is CC(=O)c1ccc(N2CCC(OC3CCN(C4(I)CCC4)CC3)CC2)cc1. The van der Waals surface area contributed by atoms with Gasteiger partial charge in [0.2, 0.25) is 0 Å². The van der Waals surface area contributed by atoms with Crippen molar-refractivity contribution in [3.63, 3.8) is 0 Å². The van der Waals surface area contributed by atoms with Gasteiger partial charge in [-0.25, -0.2) is 0 Å². The topological polar surface area (TPSA) is 32.8 Å². The third-order valence-corrected chi connectivity index (χ3v) is 8.36. The summed E-state index contributed by atoms with van der Waals surface area (Å²) in [5.74, 6) is 0.130. The highest BCUT2D eigenvalue weighted by Gasteiger charge is 2.41. The van der Waals surface area contributed by atoms with E-state index < -0.39 is 0 Å². The monoisotopic (exact) mass is 482 g/mol. The van der Waals surface area contributed by atoms with Gasteiger partial charge in [0.05, 0.1) is 15.8 Å². The van der Waals surface area contributed by atoms with Crippen molar-refractivity contribution in [2.75, 3.05) is 31.1 Å². The van der Waals surface area contributed by atoms with E-state index in [1.807, 2.05) is 12.1 Å². The molecule has 2 saturated heterocycles. The lowest BCUT2D eigenvalue weighted by molar-refractivity contribution is -0.0616. The van der Waals surface area contributed by atoms with Crippen LogP contribution in [0.5, 0.6) is 0 Å². The Morgan fingerprint density at radius 1 is 1.00 bits per heavy atom. The zero-order chi connectivity index (χ0) is 18.9. The van der Waals surface area contributed by atoms with E-state index in [0.717, 1.165) is 31.5 Å². The number of hydrogen-bond acceptors (Lipinski definition) is 4. The molecule has 1 saturated carbocycles. The molecule has 1 aliphatic carbocycles. The number of Topliss-reactive ketones (excluding diaryl/α,β-unsaturated/α-hetero) is 1. The molecule has 27 heavy (non-hydrogen) atoms. The number of ether oxygens (including phenoxy) is 1. The van der Waals surface area contributed by atoms with E-state index in [2.05, 4.69) is 44.5 Å². The summed E-state index contributed by atoms with van der Waals surface area (Å²) >= 11 is 2.68. The van der Waals surface area contributed by atoms with Crippen LogP contribution in [-0.2, 0) is 4.74 Å². The molecule has 0 N–H and O–H groups in total. The molecular weight excluding hydrogens is 451 g/mol. The predicted octanol–water partition coefficient (Wildman–Crippen LogP) is 4.65. The molecule has 1 aromatic rings. The van der Waals surface area contributed by atoms with Crippen LogP contribution in [0, 0.1) is 0 Å². The highest BCUT2D eigenvalue weighted by molar-refractivity contribution is 14.1. The minimum absolute atomic E-state index is 0.130. The van der Waals surface area contributed by atoms with E-state index in [9.17, 15) is 4.79 Å². The van der Waals surface area contributed by atoms with E-state index in [-0.39, 0.29) is 5.78 Å². The lowest BCUT2D eigenvalue weighted by atomic mass is 9.89. The van der Waals surface area contributed by atoms with E-state index in [0.29, 0.717) is 15.8 Å². The Bertz CT molecular complexity index is 643. The van der Waals surface area contributed by atoms with Crippen molar-refractivity contribution in [2.45, 2.75) is 67.6 Å². The number of alkyl halides is 1. The van der Waals surface area contributed by atoms with Crippen LogP contribution in [0.4, 0.5) is 5.69 Å². The van der Waals surface area contributed by atoms with Gasteiger partial charge in [0, 0.05) is 37.4 Å². The Hall–Kier alpha value is -0.660. The molecule has 5 heteroatoms. The first-order chi connectivity index (χ1) is 13.0. The second kappa shape index (κ2) is 8.37. The zero-order valence-corrected chi connectivity index (χ0v) is 18.5. The summed E-state index contributed by atoms with van der Waals surface area (Å²) in [6.07, 6.45) is 9.58. The molecule has 0 bridgehead atoms. The minimum atomic E-state index is 0.130. The van der Waals surface area contributed by atoms with Gasteiger partial charge in [-0.2, -0.15) is 0 Å². The average Bonchev–Trinajstić information content (AvgIpc) is 2.67. The lowest BCUT2D eigenvalue weighted by Crippen LogP contribution is -2.53. The Kier molecular flexibility index (Phi) is 6.09. The second-order valence-electron chi connectivity index (χ2n) is 8.38. The molecule has 4 rings (SSSR count). The maximum atomic E-state index is 11.4. The maximum absolute atomic E-state index is 11.4. The van der Waals surface area contributed by atoms with Crippen LogP contribution in [0.2, 0.25) is 0 Å². The fourth-order valence-electron chi connectivity index (χ4n) is 4.61. The van der Waals surface area contributed by atoms with Crippen LogP contribution in [0.3, 0.4) is 0 Å². The number of anilines is 1. The number of rotatable bonds is 5. The van der Waals surface area contributed by atoms with Crippen LogP contribution < -0.4 is 4.90 Å². The number of ketones is 1. The minimum Gasteiger partial charge on any atom is -0.375 e. The van der Waals surface area contributed by atoms with Crippen molar-refractivity contribution in [3.05, 3.63) is 29.8 Å². The summed E-state index contributed by atoms with van der Waals surface area (Å²) in [7, 11) is 0. The van der Waals surface area contributed by atoms with E-state index >= 15 is 0 Å². The molecule has 1 aromatic carbocycles. The van der Waals surface area contributed by atoms with Gasteiger partial charge in [0.1, 0.15) is 0 Å². The first kappa shape index (κ1) is 19.6. The maximum Gasteiger partial charge on any atom is 0.159 e. The van der Waals surface area contributed by atoms with Crippen LogP contribution >= 0.6 is 22.6 Å². The number of carbonyl (C=O) groups excluding carboxylic acids is 1. The average molecular weight is 482 g/mol. The van der Waals surface area contributed by atoms with Crippen LogP contribution in [0.15, 0.2) is 24.3 Å². The van der Waals surface area contributed by atoms with Crippen molar-refractivity contribution in [1.29, 1.82) is 0 Å². The molecular formula is C22H31IN2O2. The highest BCUT2D eigenvalue weighted by atomic mass is 127. The molecule has 0 amide bonds. The van der Waals surface area contributed by atoms with E-state index in [1.165, 1.54) is 50.9 Å². The Morgan fingerprint density at radius 3 is 2.04 bits per heavy atom. The number of piperidine rings is 2. The number of carbonyl (C=O) groups is 1. The number of likely N-dealkylation sites (tertiary alicyclic amines) is 1. The molecule has 0 radical (unpaired) electrons. The predicted molar refractivity (Wildman–Crippen MR) is 118 cm³/mol. The summed E-state index contributed by atoms with van der Waals surface area (Å²) in [6, 6.07) is 8.04. The van der Waals surface area contributed by atoms with E-state index in [4.69, 9.17) is 4.74 Å². The standard InChI is InChI=1S/C22H31IN2O2/c1-17(26)18-3-5-19(6-4-18)24-13-7-20(8-14-24)27-21-9-15-25(16-10-21)22(23)11-2-12-22/h3-6,20-21H,2,7-16H2,1H3. The highest BCUT2D eigenvalue weighted by Crippen LogP contribution is 2.44. The molecule has 0 aromatic heterocycles. The van der Waals surface area contributed by atoms with Crippen molar-refractivity contribution < 1.29 is 9.53 Å². The number of nitrogens with zero attached hydrogens (tertiary/aromatic N) is 2. The smallest absolute Gasteiger partial charge is 0.159 e. The third-order valence-electron chi connectivity index (χ3n) is 6.59. The second-order valence-corrected chi connectivity index (χ2v) is 10.4. The van der Waals surface area contributed by atoms with Gasteiger partial charge in [-0.05, 0) is 76.1 Å². The molecule has 0 unspecified atom stereocenters. The van der Waals surface area contributed by atoms with E-state index in [1.54, 1.807) is 6.92 Å². The Balaban J connectivity index is 1.21. The molecule has 2 heterocycles. The Morgan fingerprint density at radius 2 is 1.56 bits per heavy atom. The zero-order valence-electron chi connectivity index (χ0n) is 16.3. The van der Waals surface area contributed by atoms with Crippen molar-refractivity contribution in [2.24, 2.45) is 0 Å². The summed E-state index contributed by atoms with van der Waals surface area (Å²) in [5, 5.41) is 0. The van der Waals surface area contributed by atoms with Crippen LogP contribution in [-0.4, -0.2) is 52.6 Å². The van der Waals surface area contributed by atoms with Crippen molar-refractivity contribution in [1.82, 2.24) is 4.90 Å². The van der Waals surface area contributed by atoms with Crippen molar-refractivity contribution in [3.8, 4) is 0 Å². The van der Waals surface area contributed by atoms with Gasteiger partial charge in [-0.3, -0.25) is 9.69 Å². The summed E-state index contributed by atoms with van der Waals surface area (Å²) < 4.78 is 6.94. The van der Waals surface area contributed by atoms with Crippen LogP contribution in [0.1, 0.15) is 62.2 Å². The number of hydrogen-bond donors (Lipinski definition) is 0. The molecule has 148 valence electrons. The normalized spacial score (nSPS) is 24.6. The number of benzene rings is 1. The van der Waals surface area contributed by atoms with Gasteiger partial charge in [-0.1, -0.05) is 22.6 Å². The van der Waals surface area contributed by atoms with Gasteiger partial charge in [0.15, 0.2) is 5.78 Å². The molecule has 2 aliphatic heterocycles. The summed E-state index contributed by atoms with van der Waals surface area (Å²) in [5.41, 5.74) is 2.01. The first-order valence-corrected chi connectivity index (χ1v) is 11.6. The third kappa shape index (κ3) is 4.51. The van der Waals surface area contributed by atoms with Gasteiger partial charge < -0.3 is 9.64 Å². The molecule has 0 spiro atoms. The molecule has 3 aliphatic rings. The molecule has 0 atom stereocenters.